The van der Waals surface area contributed by atoms with Crippen molar-refractivity contribution in [1.82, 2.24) is 9.55 Å². The van der Waals surface area contributed by atoms with Gasteiger partial charge in [-0.15, -0.1) is 0 Å². The van der Waals surface area contributed by atoms with Crippen LogP contribution in [0, 0.1) is 5.92 Å². The lowest BCUT2D eigenvalue weighted by molar-refractivity contribution is -0.120. The third-order valence-electron chi connectivity index (χ3n) is 4.13. The Labute approximate surface area is 139 Å². The molecule has 0 radical (unpaired) electrons. The number of ketones is 2. The summed E-state index contributed by atoms with van der Waals surface area (Å²) in [5, 5.41) is 10.1. The quantitative estimate of drug-likeness (QED) is 0.871. The summed E-state index contributed by atoms with van der Waals surface area (Å²) in [6.45, 7) is 3.30. The first-order valence-corrected chi connectivity index (χ1v) is 7.81. The molecule has 24 heavy (non-hydrogen) atoms. The van der Waals surface area contributed by atoms with E-state index in [-0.39, 0.29) is 17.3 Å². The molecule has 1 aliphatic rings. The summed E-state index contributed by atoms with van der Waals surface area (Å²) < 4.78 is 1.83. The Balaban J connectivity index is 2.06. The molecule has 0 amide bonds. The number of rotatable bonds is 4. The molecule has 0 spiro atoms. The fourth-order valence-corrected chi connectivity index (χ4v) is 2.71. The van der Waals surface area contributed by atoms with E-state index >= 15 is 0 Å². The highest BCUT2D eigenvalue weighted by molar-refractivity contribution is 5.98. The summed E-state index contributed by atoms with van der Waals surface area (Å²) in [6, 6.07) is 5.35. The monoisotopic (exact) mass is 322 g/mol. The number of carbonyl (C=O) groups excluding carboxylic acids is 2. The number of imidazole rings is 1. The average Bonchev–Trinajstić information content (AvgIpc) is 2.90. The molecule has 0 saturated carbocycles. The van der Waals surface area contributed by atoms with Gasteiger partial charge in [-0.3, -0.25) is 14.2 Å². The number of aliphatic hydroxyl groups is 1. The van der Waals surface area contributed by atoms with E-state index < -0.39 is 5.92 Å². The number of hydrogen-bond donors (Lipinski definition) is 1. The first-order valence-electron chi connectivity index (χ1n) is 7.81. The fraction of sp³-hybridized carbons (Fsp3) is 0.211. The van der Waals surface area contributed by atoms with Crippen LogP contribution in [0.25, 0.3) is 16.7 Å². The maximum absolute atomic E-state index is 11.9. The highest BCUT2D eigenvalue weighted by Crippen LogP contribution is 2.24. The predicted octanol–water partition coefficient (Wildman–Crippen LogP) is 3.69. The Morgan fingerprint density at radius 2 is 2.08 bits per heavy atom. The van der Waals surface area contributed by atoms with Crippen LogP contribution in [0.4, 0.5) is 0 Å². The van der Waals surface area contributed by atoms with Gasteiger partial charge in [-0.05, 0) is 43.4 Å². The van der Waals surface area contributed by atoms with Gasteiger partial charge < -0.3 is 5.11 Å². The Kier molecular flexibility index (Phi) is 4.16. The molecule has 1 aromatic heterocycles. The van der Waals surface area contributed by atoms with Crippen molar-refractivity contribution in [2.45, 2.75) is 20.3 Å². The van der Waals surface area contributed by atoms with Gasteiger partial charge in [-0.2, -0.15) is 0 Å². The Bertz CT molecular complexity index is 916. The van der Waals surface area contributed by atoms with E-state index in [0.717, 1.165) is 16.7 Å². The second-order valence-electron chi connectivity index (χ2n) is 5.71. The van der Waals surface area contributed by atoms with Gasteiger partial charge in [0, 0.05) is 17.7 Å². The van der Waals surface area contributed by atoms with Gasteiger partial charge in [0.25, 0.3) is 0 Å². The van der Waals surface area contributed by atoms with Crippen molar-refractivity contribution in [3.63, 3.8) is 0 Å². The lowest BCUT2D eigenvalue weighted by atomic mass is 10.00. The summed E-state index contributed by atoms with van der Waals surface area (Å²) in [5.41, 5.74) is 2.94. The van der Waals surface area contributed by atoms with E-state index in [4.69, 9.17) is 0 Å². The van der Waals surface area contributed by atoms with Gasteiger partial charge in [0.05, 0.1) is 17.0 Å². The molecular formula is C19H18N2O3. The lowest BCUT2D eigenvalue weighted by Crippen LogP contribution is -2.13. The van der Waals surface area contributed by atoms with E-state index in [1.165, 1.54) is 13.0 Å². The van der Waals surface area contributed by atoms with Crippen molar-refractivity contribution in [1.29, 1.82) is 0 Å². The number of aromatic nitrogens is 2. The van der Waals surface area contributed by atoms with E-state index in [1.807, 2.05) is 4.57 Å². The number of allylic oxidation sites excluding steroid dienone is 5. The van der Waals surface area contributed by atoms with Gasteiger partial charge in [0.1, 0.15) is 17.9 Å². The van der Waals surface area contributed by atoms with Gasteiger partial charge in [-0.1, -0.05) is 13.0 Å². The van der Waals surface area contributed by atoms with Crippen LogP contribution in [0.2, 0.25) is 0 Å². The number of hydrogen-bond acceptors (Lipinski definition) is 4. The normalized spacial score (nSPS) is 17.3. The molecule has 1 N–H and O–H groups in total. The second kappa shape index (κ2) is 6.28. The smallest absolute Gasteiger partial charge is 0.159 e. The van der Waals surface area contributed by atoms with Crippen LogP contribution in [0.5, 0.6) is 0 Å². The number of fused-ring (bicyclic) bond motifs is 1. The third kappa shape index (κ3) is 2.80. The van der Waals surface area contributed by atoms with Crippen molar-refractivity contribution < 1.29 is 14.7 Å². The van der Waals surface area contributed by atoms with Crippen LogP contribution in [-0.4, -0.2) is 26.2 Å². The van der Waals surface area contributed by atoms with Crippen LogP contribution in [0.3, 0.4) is 0 Å². The maximum atomic E-state index is 11.9. The number of aliphatic hydroxyl groups excluding tert-OH is 1. The molecule has 1 atom stereocenters. The molecule has 1 aliphatic carbocycles. The molecule has 3 rings (SSSR count). The Morgan fingerprint density at radius 3 is 2.79 bits per heavy atom. The Hall–Kier alpha value is -2.95. The molecular weight excluding hydrogens is 304 g/mol. The van der Waals surface area contributed by atoms with Crippen molar-refractivity contribution >= 4 is 28.3 Å². The zero-order valence-electron chi connectivity index (χ0n) is 13.6. The van der Waals surface area contributed by atoms with Gasteiger partial charge in [0.2, 0.25) is 0 Å². The fourth-order valence-electron chi connectivity index (χ4n) is 2.71. The number of benzene rings is 1. The Morgan fingerprint density at radius 1 is 1.29 bits per heavy atom. The van der Waals surface area contributed by atoms with Crippen molar-refractivity contribution in [2.75, 3.05) is 0 Å². The minimum absolute atomic E-state index is 0.0128. The average molecular weight is 322 g/mol. The summed E-state index contributed by atoms with van der Waals surface area (Å²) in [4.78, 5) is 27.9. The van der Waals surface area contributed by atoms with Crippen LogP contribution < -0.4 is 0 Å². The molecule has 0 aliphatic heterocycles. The SMILES string of the molecule is CCC(=O)C1C=CC(n2cnc3ccc(C(C)=O)cc32)=CC=C1O. The molecule has 0 fully saturated rings. The standard InChI is InChI=1S/C19H18N2O3/c1-3-18(23)15-7-5-14(6-9-19(15)24)21-11-20-16-8-4-13(12(2)22)10-17(16)21/h4-11,15,24H,3H2,1-2H3. The lowest BCUT2D eigenvalue weighted by Gasteiger charge is -2.08. The zero-order valence-corrected chi connectivity index (χ0v) is 13.6. The van der Waals surface area contributed by atoms with Gasteiger partial charge in [-0.25, -0.2) is 4.98 Å². The predicted molar refractivity (Wildman–Crippen MR) is 92.7 cm³/mol. The van der Waals surface area contributed by atoms with Crippen molar-refractivity contribution in [3.8, 4) is 0 Å². The molecule has 2 aromatic rings. The molecule has 0 bridgehead atoms. The molecule has 1 heterocycles. The summed E-state index contributed by atoms with van der Waals surface area (Å²) in [6.07, 6.45) is 8.77. The zero-order chi connectivity index (χ0) is 17.3. The van der Waals surface area contributed by atoms with Crippen LogP contribution >= 0.6 is 0 Å². The minimum Gasteiger partial charge on any atom is -0.511 e. The first kappa shape index (κ1) is 15.9. The first-order chi connectivity index (χ1) is 11.5. The molecule has 122 valence electrons. The van der Waals surface area contributed by atoms with E-state index in [1.54, 1.807) is 49.7 Å². The summed E-state index contributed by atoms with van der Waals surface area (Å²) in [5.74, 6) is -0.640. The molecule has 0 saturated heterocycles. The van der Waals surface area contributed by atoms with Crippen molar-refractivity contribution in [3.05, 3.63) is 60.2 Å². The van der Waals surface area contributed by atoms with Crippen LogP contribution in [0.1, 0.15) is 30.6 Å². The third-order valence-corrected chi connectivity index (χ3v) is 4.13. The molecule has 5 nitrogen and oxygen atoms in total. The van der Waals surface area contributed by atoms with Crippen LogP contribution in [-0.2, 0) is 4.79 Å². The second-order valence-corrected chi connectivity index (χ2v) is 5.71. The number of carbonyl (C=O) groups is 2. The van der Waals surface area contributed by atoms with E-state index in [2.05, 4.69) is 4.98 Å². The van der Waals surface area contributed by atoms with Gasteiger partial charge in [0.15, 0.2) is 5.78 Å². The maximum Gasteiger partial charge on any atom is 0.159 e. The minimum atomic E-state index is -0.619. The van der Waals surface area contributed by atoms with Crippen LogP contribution in [0.15, 0.2) is 54.6 Å². The van der Waals surface area contributed by atoms with Gasteiger partial charge >= 0.3 is 0 Å². The number of nitrogens with zero attached hydrogens (tertiary/aromatic N) is 2. The van der Waals surface area contributed by atoms with E-state index in [9.17, 15) is 14.7 Å². The summed E-state index contributed by atoms with van der Waals surface area (Å²) >= 11 is 0. The molecule has 1 aromatic carbocycles. The summed E-state index contributed by atoms with van der Waals surface area (Å²) in [7, 11) is 0. The molecule has 5 heteroatoms. The molecule has 1 unspecified atom stereocenters. The topological polar surface area (TPSA) is 72.2 Å². The largest absolute Gasteiger partial charge is 0.511 e. The highest BCUT2D eigenvalue weighted by Gasteiger charge is 2.19. The van der Waals surface area contributed by atoms with E-state index in [0.29, 0.717) is 12.0 Å². The number of Topliss-reactive ketones (excluding diaryl/α,β-unsaturated/α-hetero) is 2. The highest BCUT2D eigenvalue weighted by atomic mass is 16.3. The van der Waals surface area contributed by atoms with Crippen molar-refractivity contribution in [2.24, 2.45) is 5.92 Å².